The van der Waals surface area contributed by atoms with E-state index >= 15 is 0 Å². The molecule has 0 radical (unpaired) electrons. The fraction of sp³-hybridized carbons (Fsp3) is 0.556. The number of benzene rings is 1. The lowest BCUT2D eigenvalue weighted by Crippen LogP contribution is -2.40. The van der Waals surface area contributed by atoms with Gasteiger partial charge < -0.3 is 14.4 Å². The molecule has 1 saturated heterocycles. The van der Waals surface area contributed by atoms with Crippen molar-refractivity contribution in [2.45, 2.75) is 38.9 Å². The SMILES string of the molecule is CC(C)(C)OC(=O)N1CCOC(c2ccc(Cl)c(Cl)c2)C(CC#N)C1. The van der Waals surface area contributed by atoms with Crippen LogP contribution in [-0.4, -0.2) is 36.3 Å². The van der Waals surface area contributed by atoms with Gasteiger partial charge >= 0.3 is 6.09 Å². The van der Waals surface area contributed by atoms with Gasteiger partial charge in [0.25, 0.3) is 0 Å². The van der Waals surface area contributed by atoms with E-state index in [2.05, 4.69) is 6.07 Å². The van der Waals surface area contributed by atoms with Crippen molar-refractivity contribution >= 4 is 29.3 Å². The van der Waals surface area contributed by atoms with Crippen LogP contribution in [0.4, 0.5) is 4.79 Å². The summed E-state index contributed by atoms with van der Waals surface area (Å²) in [6.07, 6.45) is -0.472. The van der Waals surface area contributed by atoms with Gasteiger partial charge in [0, 0.05) is 25.4 Å². The summed E-state index contributed by atoms with van der Waals surface area (Å²) in [7, 11) is 0. The smallest absolute Gasteiger partial charge is 0.410 e. The molecule has 2 unspecified atom stereocenters. The number of halogens is 2. The topological polar surface area (TPSA) is 62.6 Å². The predicted octanol–water partition coefficient (Wildman–Crippen LogP) is 4.83. The highest BCUT2D eigenvalue weighted by atomic mass is 35.5. The Balaban J connectivity index is 2.21. The molecular weight excluding hydrogens is 363 g/mol. The molecule has 7 heteroatoms. The Morgan fingerprint density at radius 3 is 2.72 bits per heavy atom. The van der Waals surface area contributed by atoms with Crippen molar-refractivity contribution in [3.63, 3.8) is 0 Å². The Hall–Kier alpha value is -1.48. The Kier molecular flexibility index (Phi) is 6.56. The Bertz CT molecular complexity index is 667. The lowest BCUT2D eigenvalue weighted by atomic mass is 9.93. The molecular formula is C18H22Cl2N2O3. The van der Waals surface area contributed by atoms with E-state index in [1.807, 2.05) is 26.8 Å². The van der Waals surface area contributed by atoms with Crippen molar-refractivity contribution in [1.82, 2.24) is 4.90 Å². The summed E-state index contributed by atoms with van der Waals surface area (Å²) in [4.78, 5) is 14.0. The number of ether oxygens (including phenoxy) is 2. The molecule has 136 valence electrons. The molecule has 1 aliphatic rings. The normalized spacial score (nSPS) is 21.4. The molecule has 25 heavy (non-hydrogen) atoms. The van der Waals surface area contributed by atoms with Crippen LogP contribution in [0.25, 0.3) is 0 Å². The van der Waals surface area contributed by atoms with Gasteiger partial charge in [0.2, 0.25) is 0 Å². The van der Waals surface area contributed by atoms with Crippen molar-refractivity contribution < 1.29 is 14.3 Å². The lowest BCUT2D eigenvalue weighted by molar-refractivity contribution is 0.0231. The van der Waals surface area contributed by atoms with E-state index in [0.29, 0.717) is 29.7 Å². The monoisotopic (exact) mass is 384 g/mol. The van der Waals surface area contributed by atoms with Crippen LogP contribution < -0.4 is 0 Å². The minimum absolute atomic E-state index is 0.183. The van der Waals surface area contributed by atoms with Gasteiger partial charge in [0.1, 0.15) is 5.60 Å². The number of hydrogen-bond donors (Lipinski definition) is 0. The van der Waals surface area contributed by atoms with E-state index in [1.54, 1.807) is 17.0 Å². The van der Waals surface area contributed by atoms with E-state index in [4.69, 9.17) is 32.7 Å². The molecule has 2 atom stereocenters. The summed E-state index contributed by atoms with van der Waals surface area (Å²) in [5.41, 5.74) is 0.277. The molecule has 1 aliphatic heterocycles. The molecule has 0 N–H and O–H groups in total. The summed E-state index contributed by atoms with van der Waals surface area (Å²) >= 11 is 12.1. The first kappa shape index (κ1) is 19.8. The van der Waals surface area contributed by atoms with Crippen LogP contribution in [0.3, 0.4) is 0 Å². The average molecular weight is 385 g/mol. The minimum atomic E-state index is -0.571. The number of carbonyl (C=O) groups is 1. The van der Waals surface area contributed by atoms with Crippen molar-refractivity contribution in [2.24, 2.45) is 5.92 Å². The van der Waals surface area contributed by atoms with Gasteiger partial charge in [0.15, 0.2) is 0 Å². The fourth-order valence-electron chi connectivity index (χ4n) is 2.73. The van der Waals surface area contributed by atoms with Gasteiger partial charge in [-0.3, -0.25) is 0 Å². The second-order valence-electron chi connectivity index (χ2n) is 7.01. The molecule has 0 aliphatic carbocycles. The van der Waals surface area contributed by atoms with E-state index in [1.165, 1.54) is 0 Å². The quantitative estimate of drug-likeness (QED) is 0.732. The Morgan fingerprint density at radius 2 is 2.12 bits per heavy atom. The number of rotatable bonds is 2. The molecule has 1 aromatic rings. The molecule has 0 bridgehead atoms. The maximum atomic E-state index is 12.4. The maximum Gasteiger partial charge on any atom is 0.410 e. The summed E-state index contributed by atoms with van der Waals surface area (Å²) in [5, 5.41) is 10.1. The third-order valence-electron chi connectivity index (χ3n) is 3.82. The van der Waals surface area contributed by atoms with Gasteiger partial charge in [-0.15, -0.1) is 0 Å². The van der Waals surface area contributed by atoms with Gasteiger partial charge in [0.05, 0.1) is 28.8 Å². The molecule has 1 aromatic carbocycles. The van der Waals surface area contributed by atoms with Crippen LogP contribution in [0, 0.1) is 17.2 Å². The molecule has 0 spiro atoms. The largest absolute Gasteiger partial charge is 0.444 e. The number of nitrogens with zero attached hydrogens (tertiary/aromatic N) is 2. The van der Waals surface area contributed by atoms with Gasteiger partial charge in [-0.25, -0.2) is 4.79 Å². The highest BCUT2D eigenvalue weighted by Crippen LogP contribution is 2.34. The zero-order valence-electron chi connectivity index (χ0n) is 14.6. The van der Waals surface area contributed by atoms with Crippen molar-refractivity contribution in [2.75, 3.05) is 19.7 Å². The first-order valence-electron chi connectivity index (χ1n) is 8.12. The van der Waals surface area contributed by atoms with E-state index in [0.717, 1.165) is 5.56 Å². The average Bonchev–Trinajstić information content (AvgIpc) is 2.71. The second kappa shape index (κ2) is 8.27. The summed E-state index contributed by atoms with van der Waals surface area (Å²) < 4.78 is 11.4. The zero-order valence-corrected chi connectivity index (χ0v) is 16.1. The summed E-state index contributed by atoms with van der Waals surface area (Å²) in [6.45, 7) is 6.62. The molecule has 0 aromatic heterocycles. The van der Waals surface area contributed by atoms with Crippen LogP contribution in [0.5, 0.6) is 0 Å². The molecule has 1 amide bonds. The van der Waals surface area contributed by atoms with Gasteiger partial charge in [-0.1, -0.05) is 29.3 Å². The van der Waals surface area contributed by atoms with Crippen LogP contribution >= 0.6 is 23.2 Å². The Labute approximate surface area is 158 Å². The molecule has 2 rings (SSSR count). The lowest BCUT2D eigenvalue weighted by Gasteiger charge is -2.28. The van der Waals surface area contributed by atoms with Gasteiger partial charge in [-0.2, -0.15) is 5.26 Å². The van der Waals surface area contributed by atoms with Crippen molar-refractivity contribution in [1.29, 1.82) is 5.26 Å². The second-order valence-corrected chi connectivity index (χ2v) is 7.83. The van der Waals surface area contributed by atoms with Gasteiger partial charge in [-0.05, 0) is 38.5 Å². The Morgan fingerprint density at radius 1 is 1.40 bits per heavy atom. The zero-order chi connectivity index (χ0) is 18.6. The first-order chi connectivity index (χ1) is 11.7. The van der Waals surface area contributed by atoms with E-state index in [9.17, 15) is 10.1 Å². The highest BCUT2D eigenvalue weighted by molar-refractivity contribution is 6.42. The highest BCUT2D eigenvalue weighted by Gasteiger charge is 2.33. The molecule has 5 nitrogen and oxygen atoms in total. The van der Waals surface area contributed by atoms with Crippen LogP contribution in [0.15, 0.2) is 18.2 Å². The maximum absolute atomic E-state index is 12.4. The van der Waals surface area contributed by atoms with Crippen LogP contribution in [0.2, 0.25) is 10.0 Å². The standard InChI is InChI=1S/C18H22Cl2N2O3/c1-18(2,3)25-17(23)22-8-9-24-16(13(11-22)6-7-21)12-4-5-14(19)15(20)10-12/h4-5,10,13,16H,6,8-9,11H2,1-3H3. The van der Waals surface area contributed by atoms with E-state index in [-0.39, 0.29) is 18.4 Å². The predicted molar refractivity (Wildman–Crippen MR) is 96.7 cm³/mol. The number of carbonyl (C=O) groups excluding carboxylic acids is 1. The minimum Gasteiger partial charge on any atom is -0.444 e. The third kappa shape index (κ3) is 5.50. The first-order valence-corrected chi connectivity index (χ1v) is 8.88. The number of hydrogen-bond acceptors (Lipinski definition) is 4. The van der Waals surface area contributed by atoms with Crippen LogP contribution in [0.1, 0.15) is 38.9 Å². The summed E-state index contributed by atoms with van der Waals surface area (Å²) in [5.74, 6) is -0.183. The van der Waals surface area contributed by atoms with E-state index < -0.39 is 11.7 Å². The molecule has 0 saturated carbocycles. The van der Waals surface area contributed by atoms with Crippen LogP contribution in [-0.2, 0) is 9.47 Å². The van der Waals surface area contributed by atoms with Crippen molar-refractivity contribution in [3.05, 3.63) is 33.8 Å². The van der Waals surface area contributed by atoms with Crippen molar-refractivity contribution in [3.8, 4) is 6.07 Å². The third-order valence-corrected chi connectivity index (χ3v) is 4.56. The molecule has 1 fully saturated rings. The number of nitriles is 1. The molecule has 1 heterocycles. The fourth-order valence-corrected chi connectivity index (χ4v) is 3.04. The number of amides is 1. The summed E-state index contributed by atoms with van der Waals surface area (Å²) in [6, 6.07) is 7.48.